The van der Waals surface area contributed by atoms with Gasteiger partial charge in [-0.1, -0.05) is 102 Å². The predicted molar refractivity (Wildman–Crippen MR) is 482 cm³/mol. The maximum Gasteiger partial charge on any atom is 0.322 e. The number of benzene rings is 3. The van der Waals surface area contributed by atoms with Crippen LogP contribution in [0.15, 0.2) is 96.9 Å². The number of carbonyl (C=O) groups is 17. The van der Waals surface area contributed by atoms with E-state index in [2.05, 4.69) is 73.4 Å². The summed E-state index contributed by atoms with van der Waals surface area (Å²) in [5.41, 5.74) is 14.2. The van der Waals surface area contributed by atoms with Gasteiger partial charge in [0.25, 0.3) is 0 Å². The molecule has 706 valence electrons. The second-order valence-electron chi connectivity index (χ2n) is 33.1. The van der Waals surface area contributed by atoms with Gasteiger partial charge in [0.1, 0.15) is 96.9 Å². The molecule has 2 fully saturated rings. The Morgan fingerprint density at radius 3 is 1.81 bits per heavy atom. The molecule has 42 heteroatoms. The quantitative estimate of drug-likeness (QED) is 0.0341. The third-order valence-corrected chi connectivity index (χ3v) is 24.8. The number of aliphatic carboxylic acids is 1. The van der Waals surface area contributed by atoms with Crippen molar-refractivity contribution in [2.45, 2.75) is 229 Å². The zero-order chi connectivity index (χ0) is 95.2. The number of rotatable bonds is 25. The maximum atomic E-state index is 15.6. The Morgan fingerprint density at radius 2 is 1.15 bits per heavy atom. The van der Waals surface area contributed by atoms with Crippen molar-refractivity contribution in [3.05, 3.63) is 119 Å². The summed E-state index contributed by atoms with van der Waals surface area (Å²) in [4.78, 5) is 262. The second kappa shape index (κ2) is 49.8. The summed E-state index contributed by atoms with van der Waals surface area (Å²) in [5, 5.41) is 62.9. The number of aromatic amines is 2. The van der Waals surface area contributed by atoms with Crippen LogP contribution in [0.2, 0.25) is 0 Å². The van der Waals surface area contributed by atoms with Crippen molar-refractivity contribution < 1.29 is 96.8 Å². The van der Waals surface area contributed by atoms with Gasteiger partial charge in [-0.15, -0.1) is 23.1 Å². The van der Waals surface area contributed by atoms with E-state index in [-0.39, 0.29) is 95.4 Å². The molecule has 40 nitrogen and oxygen atoms in total. The third-order valence-electron chi connectivity index (χ3n) is 22.8. The fraction of sp³-hybridized carbons (Fsp3) is 0.523. The molecule has 0 unspecified atom stereocenters. The van der Waals surface area contributed by atoms with Gasteiger partial charge in [0.05, 0.1) is 25.1 Å². The second-order valence-corrected chi connectivity index (χ2v) is 35.0. The number of hydrogen-bond acceptors (Lipinski definition) is 23. The summed E-state index contributed by atoms with van der Waals surface area (Å²) in [5.74, 6) is -17.8. The Hall–Kier alpha value is -12.6. The number of phenolic OH excluding ortho intramolecular Hbond substituents is 1. The molecular formula is C88H122N20O20S2. The van der Waals surface area contributed by atoms with E-state index in [9.17, 15) is 68.1 Å². The highest BCUT2D eigenvalue weighted by Crippen LogP contribution is 2.29. The van der Waals surface area contributed by atoms with Gasteiger partial charge in [-0.25, -0.2) is 4.98 Å². The van der Waals surface area contributed by atoms with Crippen molar-refractivity contribution in [2.24, 2.45) is 17.4 Å². The van der Waals surface area contributed by atoms with Crippen molar-refractivity contribution in [1.29, 1.82) is 0 Å². The summed E-state index contributed by atoms with van der Waals surface area (Å²) < 4.78 is 0.825. The van der Waals surface area contributed by atoms with Crippen molar-refractivity contribution in [3.8, 4) is 5.75 Å². The summed E-state index contributed by atoms with van der Waals surface area (Å²) in [6, 6.07) is -1.43. The number of amides is 16. The van der Waals surface area contributed by atoms with Gasteiger partial charge in [0, 0.05) is 92.8 Å². The summed E-state index contributed by atoms with van der Waals surface area (Å²) in [7, 11) is 3.93. The van der Waals surface area contributed by atoms with E-state index >= 15 is 28.8 Å². The minimum absolute atomic E-state index is 0.00349. The monoisotopic (exact) mass is 1840 g/mol. The molecule has 16 amide bonds. The number of aromatic hydroxyl groups is 1. The predicted octanol–water partition coefficient (Wildman–Crippen LogP) is -0.578. The summed E-state index contributed by atoms with van der Waals surface area (Å²) >= 11 is 2.11. The number of phenols is 1. The smallest absolute Gasteiger partial charge is 0.322 e. The molecular weight excluding hydrogens is 1720 g/mol. The number of unbranched alkanes of at least 4 members (excludes halogenated alkanes) is 2. The Bertz CT molecular complexity index is 4970. The number of H-pyrrole nitrogens is 2. The lowest BCUT2D eigenvalue weighted by molar-refractivity contribution is -0.149. The first-order chi connectivity index (χ1) is 61.9. The van der Waals surface area contributed by atoms with Crippen molar-refractivity contribution in [1.82, 2.24) is 93.0 Å². The largest absolute Gasteiger partial charge is 0.508 e. The van der Waals surface area contributed by atoms with Crippen LogP contribution in [0.3, 0.4) is 0 Å². The molecule has 3 aromatic heterocycles. The third kappa shape index (κ3) is 29.2. The molecule has 20 N–H and O–H groups in total. The highest BCUT2D eigenvalue weighted by molar-refractivity contribution is 8.00. The lowest BCUT2D eigenvalue weighted by Gasteiger charge is -2.36. The Balaban J connectivity index is 1.18. The van der Waals surface area contributed by atoms with E-state index in [0.29, 0.717) is 59.0 Å². The Labute approximate surface area is 760 Å². The number of nitrogens with two attached hydrogens (primary N) is 2. The fourth-order valence-corrected chi connectivity index (χ4v) is 17.2. The average Bonchev–Trinajstić information content (AvgIpc) is 1.81. The van der Waals surface area contributed by atoms with Crippen LogP contribution in [0.25, 0.3) is 21.0 Å². The lowest BCUT2D eigenvalue weighted by atomic mass is 10.00. The number of thioether (sulfide) groups is 1. The molecule has 6 aromatic rings. The summed E-state index contributed by atoms with van der Waals surface area (Å²) in [6.07, 6.45) is 4.40. The van der Waals surface area contributed by atoms with Crippen LogP contribution in [-0.2, 0) is 107 Å². The molecule has 2 saturated heterocycles. The fourth-order valence-electron chi connectivity index (χ4n) is 15.4. The topological polar surface area (TPSA) is 593 Å². The van der Waals surface area contributed by atoms with Crippen LogP contribution >= 0.6 is 23.1 Å². The maximum absolute atomic E-state index is 15.6. The number of para-hydroxylation sites is 1. The number of thiophene rings is 1. The van der Waals surface area contributed by atoms with E-state index in [1.54, 1.807) is 55.8 Å². The van der Waals surface area contributed by atoms with Crippen LogP contribution in [0.1, 0.15) is 141 Å². The molecule has 0 spiro atoms. The number of likely N-dealkylation sites (N-methyl/N-ethyl adjacent to an activating group) is 3. The molecule has 0 aliphatic carbocycles. The van der Waals surface area contributed by atoms with Crippen molar-refractivity contribution in [3.63, 3.8) is 0 Å². The minimum Gasteiger partial charge on any atom is -0.508 e. The normalized spacial score (nSPS) is 24.2. The SMILES string of the molecule is CCCC[C@H]1C(=O)N(C)[C@@H](CCCC)C(=O)N[C@@H](C)C(=O)N[C@H](C(=O)NCC(=O)O)CSCC(=O)N[C@@H](Cc2ccc(O)cc2)C(=O)N(C)[C@@H](C)C(=O)N[C@@H](CC(N)=O)C(=O)N2CCC[C@H]2C(=O)N[C@@H](Cc2cnc[nH]2)C(=O)N[C@@H](CC(C)C)C(=O)N[C@@H](CCCN)C(=O)N[C@@H](Cc2c[nH]c3ccccc23)C(=O)N[C@@H](CO)C(=O)N[C@@H](Cc2csc3ccccc23)C(=O)N1C. The number of aliphatic hydroxyl groups is 1. The molecule has 5 heterocycles. The number of imidazole rings is 1. The highest BCUT2D eigenvalue weighted by atomic mass is 32.2. The molecule has 130 heavy (non-hydrogen) atoms. The van der Waals surface area contributed by atoms with Gasteiger partial charge in [-0.2, -0.15) is 0 Å². The van der Waals surface area contributed by atoms with E-state index in [1.807, 2.05) is 32.0 Å². The lowest BCUT2D eigenvalue weighted by Crippen LogP contribution is -2.62. The molecule has 8 rings (SSSR count). The van der Waals surface area contributed by atoms with E-state index in [4.69, 9.17) is 11.5 Å². The minimum atomic E-state index is -1.85. The first kappa shape index (κ1) is 103. The first-order valence-corrected chi connectivity index (χ1v) is 45.5. The molecule has 3 aromatic carbocycles. The number of aromatic nitrogens is 3. The van der Waals surface area contributed by atoms with Gasteiger partial charge in [0.15, 0.2) is 0 Å². The van der Waals surface area contributed by atoms with E-state index in [0.717, 1.165) is 41.4 Å². The van der Waals surface area contributed by atoms with Gasteiger partial charge in [0.2, 0.25) is 94.5 Å². The summed E-state index contributed by atoms with van der Waals surface area (Å²) in [6.45, 7) is 7.68. The number of fused-ring (bicyclic) bond motifs is 3. The van der Waals surface area contributed by atoms with Crippen LogP contribution < -0.4 is 70.0 Å². The first-order valence-electron chi connectivity index (χ1n) is 43.5. The number of nitrogens with one attached hydrogen (secondary N) is 13. The van der Waals surface area contributed by atoms with Gasteiger partial charge in [-0.3, -0.25) is 81.5 Å². The molecule has 0 bridgehead atoms. The number of primary amides is 1. The highest BCUT2D eigenvalue weighted by Gasteiger charge is 2.44. The van der Waals surface area contributed by atoms with Gasteiger partial charge >= 0.3 is 5.97 Å². The average molecular weight is 1840 g/mol. The standard InChI is InChI=1S/C88H122N20O20S2/c1-10-12-24-68-83(123)95-49(5)75(115)104-67(77(117)93-42-74(113)114)45-129-46-73(112)96-63(35-51-28-30-55(110)31-29-51)85(125)105(7)50(6)76(116)101-65(39-72(90)111)87(127)108-33-19-26-69(108)84(124)100-62(38-54-41-91-47-94-54)81(121)98-60(34-48(3)4)79(119)97-59(23-18-32-89)78(118)99-61(36-52-40-92-58-22-16-14-20-56(52)58)80(120)103-66(43-109)82(122)102-64(37-53-44-130-71-27-17-15-21-57(53)71)86(126)107(9)70(25-13-11-2)88(128)106(68)8/h14-17,20-22,27-31,40-41,44,47-50,59-70,92,109-110H,10-13,18-19,23-26,32-39,42-43,45-46,89H2,1-9H3,(H2,90,111)(H,91,94)(H,93,117)(H,95,123)(H,96,112)(H,97,119)(H,98,121)(H,99,118)(H,100,124)(H,101,116)(H,102,122)(H,103,120)(H,104,115)(H,113,114)/t49-,50-,59-,60-,61-,62-,63-,64-,65-,66-,67-,68-,69-,70-/m0/s1. The van der Waals surface area contributed by atoms with Crippen LogP contribution in [0, 0.1) is 5.92 Å². The zero-order valence-corrected chi connectivity index (χ0v) is 76.1. The molecule has 0 radical (unpaired) electrons. The Morgan fingerprint density at radius 1 is 0.577 bits per heavy atom. The molecule has 0 saturated carbocycles. The zero-order valence-electron chi connectivity index (χ0n) is 74.4. The number of carbonyl (C=O) groups excluding carboxylic acids is 16. The van der Waals surface area contributed by atoms with E-state index in [1.165, 1.54) is 83.1 Å². The Kier molecular flexibility index (Phi) is 39.4. The number of carboxylic acid groups (broad SMARTS) is 1. The number of carboxylic acids is 1. The van der Waals surface area contributed by atoms with Crippen molar-refractivity contribution >= 4 is 145 Å². The molecule has 14 atom stereocenters. The van der Waals surface area contributed by atoms with E-state index < -0.39 is 216 Å². The molecule has 2 aliphatic heterocycles. The van der Waals surface area contributed by atoms with Crippen LogP contribution in [0.4, 0.5) is 0 Å². The number of aliphatic hydroxyl groups excluding tert-OH is 1. The van der Waals surface area contributed by atoms with Gasteiger partial charge in [-0.05, 0) is 123 Å². The van der Waals surface area contributed by atoms with Crippen LogP contribution in [-0.4, -0.2) is 294 Å². The number of nitrogens with zero attached hydrogens (tertiary/aromatic N) is 5. The van der Waals surface area contributed by atoms with Crippen LogP contribution in [0.5, 0.6) is 5.75 Å². The molecule has 2 aliphatic rings. The van der Waals surface area contributed by atoms with Crippen molar-refractivity contribution in [2.75, 3.05) is 58.9 Å². The number of hydrogen-bond donors (Lipinski definition) is 18. The van der Waals surface area contributed by atoms with Gasteiger partial charge < -0.3 is 115 Å².